The maximum atomic E-state index is 14.2. The summed E-state index contributed by atoms with van der Waals surface area (Å²) in [6, 6.07) is 21.8. The lowest BCUT2D eigenvalue weighted by atomic mass is 9.83. The Kier molecular flexibility index (Phi) is 6.73. The fourth-order valence-corrected chi connectivity index (χ4v) is 7.51. The first-order valence-corrected chi connectivity index (χ1v) is 15.3. The minimum absolute atomic E-state index is 0.00951. The number of nitro groups is 1. The molecule has 2 aromatic heterocycles. The normalized spacial score (nSPS) is 16.0. The van der Waals surface area contributed by atoms with Crippen molar-refractivity contribution in [1.82, 2.24) is 9.13 Å². The van der Waals surface area contributed by atoms with Gasteiger partial charge in [-0.05, 0) is 79.3 Å². The molecule has 1 atom stereocenters. The summed E-state index contributed by atoms with van der Waals surface area (Å²) in [7, 11) is 0. The molecule has 3 heterocycles. The number of halogens is 2. The topological polar surface area (TPSA) is 82.4 Å². The summed E-state index contributed by atoms with van der Waals surface area (Å²) in [5.41, 5.74) is 8.31. The minimum Gasteiger partial charge on any atom is -0.318 e. The summed E-state index contributed by atoms with van der Waals surface area (Å²) in [5, 5.41) is 12.6. The number of thiazole rings is 1. The van der Waals surface area contributed by atoms with E-state index in [2.05, 4.69) is 16.7 Å². The second-order valence-corrected chi connectivity index (χ2v) is 12.5. The largest absolute Gasteiger partial charge is 0.318 e. The van der Waals surface area contributed by atoms with Crippen LogP contribution in [0.25, 0.3) is 17.5 Å². The van der Waals surface area contributed by atoms with Crippen molar-refractivity contribution < 1.29 is 4.92 Å². The number of aromatic nitrogens is 2. The zero-order valence-corrected chi connectivity index (χ0v) is 25.5. The van der Waals surface area contributed by atoms with Crippen LogP contribution < -0.4 is 14.9 Å². The highest BCUT2D eigenvalue weighted by Gasteiger charge is 2.33. The molecule has 0 N–H and O–H groups in total. The molecule has 0 bridgehead atoms. The van der Waals surface area contributed by atoms with Gasteiger partial charge in [0.25, 0.3) is 11.2 Å². The lowest BCUT2D eigenvalue weighted by Crippen LogP contribution is -2.38. The van der Waals surface area contributed by atoms with Crippen molar-refractivity contribution in [2.45, 2.75) is 32.7 Å². The van der Waals surface area contributed by atoms with Crippen LogP contribution in [0.1, 0.15) is 46.1 Å². The molecule has 0 radical (unpaired) electrons. The Morgan fingerprint density at radius 3 is 2.60 bits per heavy atom. The van der Waals surface area contributed by atoms with E-state index in [9.17, 15) is 14.9 Å². The first-order chi connectivity index (χ1) is 20.7. The van der Waals surface area contributed by atoms with Crippen LogP contribution in [-0.2, 0) is 6.42 Å². The van der Waals surface area contributed by atoms with E-state index in [4.69, 9.17) is 28.2 Å². The molecule has 0 saturated carbocycles. The molecular weight excluding hydrogens is 603 g/mol. The molecule has 0 unspecified atom stereocenters. The van der Waals surface area contributed by atoms with Gasteiger partial charge in [0.05, 0.1) is 31.2 Å². The number of hydrogen-bond donors (Lipinski definition) is 0. The Bertz CT molecular complexity index is 2210. The van der Waals surface area contributed by atoms with Crippen LogP contribution in [0.3, 0.4) is 0 Å². The van der Waals surface area contributed by atoms with E-state index in [0.717, 1.165) is 45.9 Å². The average Bonchev–Trinajstić information content (AvgIpc) is 3.46. The molecule has 43 heavy (non-hydrogen) atoms. The molecule has 10 heteroatoms. The van der Waals surface area contributed by atoms with Crippen molar-refractivity contribution in [3.63, 3.8) is 0 Å². The van der Waals surface area contributed by atoms with Crippen LogP contribution in [0.5, 0.6) is 0 Å². The number of nitro benzene ring substituents is 1. The fraction of sp³-hybridized carbons (Fsp3) is 0.152. The van der Waals surface area contributed by atoms with Crippen LogP contribution in [0.15, 0.2) is 88.2 Å². The first-order valence-electron chi connectivity index (χ1n) is 13.7. The second kappa shape index (κ2) is 10.5. The number of aryl methyl sites for hydroxylation is 2. The molecule has 0 saturated heterocycles. The number of rotatable bonds is 4. The molecule has 7 nitrogen and oxygen atoms in total. The summed E-state index contributed by atoms with van der Waals surface area (Å²) in [6.07, 6.45) is 3.42. The molecule has 7 rings (SSSR count). The van der Waals surface area contributed by atoms with Gasteiger partial charge in [-0.3, -0.25) is 19.5 Å². The minimum atomic E-state index is -0.495. The van der Waals surface area contributed by atoms with Crippen molar-refractivity contribution in [2.24, 2.45) is 4.99 Å². The SMILES string of the molecule is Cc1cc(/C=c2/sc3n(c2=O)[C@H](c2cccc([N+](=O)[O-])c2)C2=C(N=3)c3ccccc3CC2)c(C)n1-c1ccc(Cl)c(Cl)c1. The Morgan fingerprint density at radius 1 is 1.00 bits per heavy atom. The Balaban J connectivity index is 1.44. The third-order valence-corrected chi connectivity index (χ3v) is 9.91. The highest BCUT2D eigenvalue weighted by Crippen LogP contribution is 2.41. The second-order valence-electron chi connectivity index (χ2n) is 10.7. The molecule has 2 aliphatic rings. The van der Waals surface area contributed by atoms with Gasteiger partial charge in [-0.25, -0.2) is 4.99 Å². The van der Waals surface area contributed by atoms with Crippen molar-refractivity contribution in [2.75, 3.05) is 0 Å². The molecule has 1 aliphatic heterocycles. The maximum absolute atomic E-state index is 14.2. The Hall–Kier alpha value is -4.24. The van der Waals surface area contributed by atoms with Gasteiger partial charge in [0.1, 0.15) is 0 Å². The summed E-state index contributed by atoms with van der Waals surface area (Å²) in [5.74, 6) is 0. The standard InChI is InChI=1S/C33H24Cl2N4O3S/c1-18-14-22(19(2)37(18)23-11-13-27(34)28(35)17-23)16-29-32(40)38-31(21-7-5-8-24(15-21)39(41)42)26-12-10-20-6-3-4-9-25(20)30(26)36-33(38)43-29/h3-9,11,13-17,31H,10,12H2,1-2H3/b29-16+/t31-/m1/s1. The third kappa shape index (κ3) is 4.57. The number of fused-ring (bicyclic) bond motifs is 3. The molecular formula is C33H24Cl2N4O3S. The number of allylic oxidation sites excluding steroid dienone is 1. The van der Waals surface area contributed by atoms with E-state index in [1.54, 1.807) is 22.8 Å². The molecule has 5 aromatic rings. The Labute approximate surface area is 260 Å². The molecule has 0 amide bonds. The van der Waals surface area contributed by atoms with Crippen LogP contribution in [0.4, 0.5) is 5.69 Å². The van der Waals surface area contributed by atoms with Crippen molar-refractivity contribution in [3.8, 4) is 5.69 Å². The molecule has 0 fully saturated rings. The smallest absolute Gasteiger partial charge is 0.271 e. The zero-order valence-electron chi connectivity index (χ0n) is 23.2. The van der Waals surface area contributed by atoms with E-state index < -0.39 is 11.0 Å². The highest BCUT2D eigenvalue weighted by molar-refractivity contribution is 7.07. The number of nitrogens with zero attached hydrogens (tertiary/aromatic N) is 4. The maximum Gasteiger partial charge on any atom is 0.271 e. The lowest BCUT2D eigenvalue weighted by molar-refractivity contribution is -0.384. The highest BCUT2D eigenvalue weighted by atomic mass is 35.5. The van der Waals surface area contributed by atoms with Crippen molar-refractivity contribution in [1.29, 1.82) is 0 Å². The van der Waals surface area contributed by atoms with Crippen molar-refractivity contribution in [3.05, 3.63) is 152 Å². The van der Waals surface area contributed by atoms with Gasteiger partial charge in [-0.15, -0.1) is 0 Å². The van der Waals surface area contributed by atoms with Crippen LogP contribution in [-0.4, -0.2) is 14.1 Å². The van der Waals surface area contributed by atoms with Gasteiger partial charge in [-0.1, -0.05) is 70.9 Å². The number of non-ortho nitro benzene ring substituents is 1. The number of hydrogen-bond acceptors (Lipinski definition) is 5. The summed E-state index contributed by atoms with van der Waals surface area (Å²) in [4.78, 5) is 31.1. The van der Waals surface area contributed by atoms with Gasteiger partial charge < -0.3 is 4.57 Å². The van der Waals surface area contributed by atoms with E-state index in [-0.39, 0.29) is 11.2 Å². The Morgan fingerprint density at radius 2 is 1.81 bits per heavy atom. The van der Waals surface area contributed by atoms with E-state index in [1.807, 2.05) is 56.3 Å². The molecule has 214 valence electrons. The van der Waals surface area contributed by atoms with E-state index in [1.165, 1.54) is 23.0 Å². The fourth-order valence-electron chi connectivity index (χ4n) is 6.23. The van der Waals surface area contributed by atoms with Crippen LogP contribution >= 0.6 is 34.5 Å². The monoisotopic (exact) mass is 626 g/mol. The third-order valence-electron chi connectivity index (χ3n) is 8.19. The lowest BCUT2D eigenvalue weighted by Gasteiger charge is -2.30. The van der Waals surface area contributed by atoms with Gasteiger partial charge in [0.2, 0.25) is 0 Å². The van der Waals surface area contributed by atoms with Crippen LogP contribution in [0, 0.1) is 24.0 Å². The van der Waals surface area contributed by atoms with Crippen LogP contribution in [0.2, 0.25) is 10.0 Å². The van der Waals surface area contributed by atoms with E-state index >= 15 is 0 Å². The quantitative estimate of drug-likeness (QED) is 0.160. The van der Waals surface area contributed by atoms with Gasteiger partial charge in [0, 0.05) is 34.8 Å². The molecule has 3 aromatic carbocycles. The first kappa shape index (κ1) is 27.6. The molecule has 1 aliphatic carbocycles. The van der Waals surface area contributed by atoms with Gasteiger partial charge >= 0.3 is 0 Å². The predicted octanol–water partition coefficient (Wildman–Crippen LogP) is 6.94. The predicted molar refractivity (Wildman–Crippen MR) is 171 cm³/mol. The average molecular weight is 628 g/mol. The van der Waals surface area contributed by atoms with E-state index in [0.29, 0.717) is 31.4 Å². The summed E-state index contributed by atoms with van der Waals surface area (Å²) in [6.45, 7) is 4.00. The van der Waals surface area contributed by atoms with Crippen molar-refractivity contribution >= 4 is 52.0 Å². The zero-order chi connectivity index (χ0) is 30.0. The summed E-state index contributed by atoms with van der Waals surface area (Å²) < 4.78 is 4.32. The van der Waals surface area contributed by atoms with Gasteiger partial charge in [0.15, 0.2) is 4.80 Å². The number of benzene rings is 3. The molecule has 0 spiro atoms. The summed E-state index contributed by atoms with van der Waals surface area (Å²) >= 11 is 13.8. The van der Waals surface area contributed by atoms with Gasteiger partial charge in [-0.2, -0.15) is 0 Å².